The molecule has 0 atom stereocenters. The SMILES string of the molecule is CSc1ccc(Nc2nc(C)ncc2C(=O)O)cc1. The Morgan fingerprint density at radius 2 is 2.00 bits per heavy atom. The molecule has 1 aromatic carbocycles. The van der Waals surface area contributed by atoms with Crippen molar-refractivity contribution in [1.82, 2.24) is 9.97 Å². The van der Waals surface area contributed by atoms with Gasteiger partial charge in [-0.1, -0.05) is 0 Å². The third kappa shape index (κ3) is 3.23. The van der Waals surface area contributed by atoms with E-state index in [1.807, 2.05) is 30.5 Å². The molecule has 0 saturated heterocycles. The topological polar surface area (TPSA) is 75.1 Å². The standard InChI is InChI=1S/C13H13N3O2S/c1-8-14-7-11(13(17)18)12(15-8)16-9-3-5-10(19-2)6-4-9/h3-7H,1-2H3,(H,17,18)(H,14,15,16). The van der Waals surface area contributed by atoms with E-state index in [9.17, 15) is 4.79 Å². The van der Waals surface area contributed by atoms with Gasteiger partial charge < -0.3 is 10.4 Å². The maximum absolute atomic E-state index is 11.1. The number of aromatic nitrogens is 2. The molecule has 2 rings (SSSR count). The van der Waals surface area contributed by atoms with E-state index in [4.69, 9.17) is 5.11 Å². The zero-order valence-corrected chi connectivity index (χ0v) is 11.4. The largest absolute Gasteiger partial charge is 0.477 e. The lowest BCUT2D eigenvalue weighted by molar-refractivity contribution is 0.0697. The fourth-order valence-corrected chi connectivity index (χ4v) is 1.94. The Balaban J connectivity index is 2.31. The number of hydrogen-bond donors (Lipinski definition) is 2. The van der Waals surface area contributed by atoms with Gasteiger partial charge in [0.25, 0.3) is 0 Å². The maximum atomic E-state index is 11.1. The summed E-state index contributed by atoms with van der Waals surface area (Å²) in [4.78, 5) is 20.3. The number of nitrogens with zero attached hydrogens (tertiary/aromatic N) is 2. The summed E-state index contributed by atoms with van der Waals surface area (Å²) in [5, 5.41) is 12.1. The number of carboxylic acid groups (broad SMARTS) is 1. The van der Waals surface area contributed by atoms with Crippen molar-refractivity contribution in [3.05, 3.63) is 41.9 Å². The number of nitrogens with one attached hydrogen (secondary N) is 1. The molecule has 0 aliphatic carbocycles. The van der Waals surface area contributed by atoms with Crippen molar-refractivity contribution in [1.29, 1.82) is 0 Å². The minimum Gasteiger partial charge on any atom is -0.477 e. The Bertz CT molecular complexity index is 599. The molecule has 0 aliphatic heterocycles. The highest BCUT2D eigenvalue weighted by molar-refractivity contribution is 7.98. The highest BCUT2D eigenvalue weighted by Crippen LogP contribution is 2.21. The second-order valence-corrected chi connectivity index (χ2v) is 4.72. The molecule has 19 heavy (non-hydrogen) atoms. The Kier molecular flexibility index (Phi) is 4.01. The number of hydrogen-bond acceptors (Lipinski definition) is 5. The highest BCUT2D eigenvalue weighted by atomic mass is 32.2. The van der Waals surface area contributed by atoms with Crippen molar-refractivity contribution < 1.29 is 9.90 Å². The molecule has 0 bridgehead atoms. The van der Waals surface area contributed by atoms with Crippen molar-refractivity contribution in [2.45, 2.75) is 11.8 Å². The number of thioether (sulfide) groups is 1. The first-order valence-electron chi connectivity index (χ1n) is 5.58. The first-order valence-corrected chi connectivity index (χ1v) is 6.80. The van der Waals surface area contributed by atoms with E-state index < -0.39 is 5.97 Å². The number of aromatic carboxylic acids is 1. The Morgan fingerprint density at radius 1 is 1.32 bits per heavy atom. The third-order valence-electron chi connectivity index (χ3n) is 2.49. The van der Waals surface area contributed by atoms with E-state index in [0.717, 1.165) is 10.6 Å². The van der Waals surface area contributed by atoms with Gasteiger partial charge in [-0.05, 0) is 37.4 Å². The van der Waals surface area contributed by atoms with Crippen LogP contribution in [0.2, 0.25) is 0 Å². The minimum absolute atomic E-state index is 0.0551. The van der Waals surface area contributed by atoms with E-state index in [1.54, 1.807) is 18.7 Å². The first-order chi connectivity index (χ1) is 9.10. The number of aryl methyl sites for hydroxylation is 1. The van der Waals surface area contributed by atoms with Gasteiger partial charge in [-0.2, -0.15) is 0 Å². The molecule has 6 heteroatoms. The average molecular weight is 275 g/mol. The summed E-state index contributed by atoms with van der Waals surface area (Å²) in [6, 6.07) is 7.69. The number of anilines is 2. The van der Waals surface area contributed by atoms with Crippen LogP contribution in [-0.2, 0) is 0 Å². The van der Waals surface area contributed by atoms with Crippen LogP contribution in [0.5, 0.6) is 0 Å². The van der Waals surface area contributed by atoms with Gasteiger partial charge in [0.1, 0.15) is 17.2 Å². The molecule has 2 N–H and O–H groups in total. The van der Waals surface area contributed by atoms with E-state index in [1.165, 1.54) is 6.20 Å². The third-order valence-corrected chi connectivity index (χ3v) is 3.24. The number of carbonyl (C=O) groups is 1. The van der Waals surface area contributed by atoms with E-state index in [0.29, 0.717) is 11.6 Å². The molecular formula is C13H13N3O2S. The lowest BCUT2D eigenvalue weighted by Gasteiger charge is -2.09. The molecule has 1 heterocycles. The van der Waals surface area contributed by atoms with E-state index in [-0.39, 0.29) is 5.56 Å². The van der Waals surface area contributed by atoms with Crippen LogP contribution in [0.25, 0.3) is 0 Å². The molecule has 0 saturated carbocycles. The Morgan fingerprint density at radius 3 is 2.58 bits per heavy atom. The van der Waals surface area contributed by atoms with Gasteiger partial charge in [0.2, 0.25) is 0 Å². The zero-order valence-electron chi connectivity index (χ0n) is 10.5. The summed E-state index contributed by atoms with van der Waals surface area (Å²) in [6.07, 6.45) is 3.31. The van der Waals surface area contributed by atoms with Crippen LogP contribution in [0.3, 0.4) is 0 Å². The van der Waals surface area contributed by atoms with Crippen LogP contribution in [0.1, 0.15) is 16.2 Å². The molecule has 1 aromatic heterocycles. The molecule has 0 amide bonds. The number of carboxylic acids is 1. The summed E-state index contributed by atoms with van der Waals surface area (Å²) in [5.74, 6) is -0.228. The van der Waals surface area contributed by atoms with Gasteiger partial charge in [-0.25, -0.2) is 14.8 Å². The Hall–Kier alpha value is -2.08. The molecule has 5 nitrogen and oxygen atoms in total. The van der Waals surface area contributed by atoms with Crippen LogP contribution < -0.4 is 5.32 Å². The van der Waals surface area contributed by atoms with Crippen LogP contribution in [-0.4, -0.2) is 27.3 Å². The monoisotopic (exact) mass is 275 g/mol. The highest BCUT2D eigenvalue weighted by Gasteiger charge is 2.12. The average Bonchev–Trinajstić information content (AvgIpc) is 2.39. The first kappa shape index (κ1) is 13.4. The molecule has 0 radical (unpaired) electrons. The fourth-order valence-electron chi connectivity index (χ4n) is 1.53. The molecule has 2 aromatic rings. The van der Waals surface area contributed by atoms with E-state index >= 15 is 0 Å². The van der Waals surface area contributed by atoms with Crippen LogP contribution in [0.15, 0.2) is 35.4 Å². The smallest absolute Gasteiger partial charge is 0.341 e. The van der Waals surface area contributed by atoms with E-state index in [2.05, 4.69) is 15.3 Å². The molecule has 98 valence electrons. The van der Waals surface area contributed by atoms with Gasteiger partial charge in [-0.15, -0.1) is 11.8 Å². The van der Waals surface area contributed by atoms with Crippen molar-refractivity contribution >= 4 is 29.2 Å². The minimum atomic E-state index is -1.05. The maximum Gasteiger partial charge on any atom is 0.341 e. The quantitative estimate of drug-likeness (QED) is 0.836. The van der Waals surface area contributed by atoms with Crippen LogP contribution >= 0.6 is 11.8 Å². The number of rotatable bonds is 4. The summed E-state index contributed by atoms with van der Waals surface area (Å²) >= 11 is 1.65. The van der Waals surface area contributed by atoms with Gasteiger partial charge in [0.05, 0.1) is 0 Å². The van der Waals surface area contributed by atoms with Crippen molar-refractivity contribution in [2.75, 3.05) is 11.6 Å². The molecule has 0 spiro atoms. The molecule has 0 aliphatic rings. The van der Waals surface area contributed by atoms with Gasteiger partial charge in [0.15, 0.2) is 0 Å². The predicted molar refractivity (Wildman–Crippen MR) is 75.2 cm³/mol. The lowest BCUT2D eigenvalue weighted by Crippen LogP contribution is -2.07. The van der Waals surface area contributed by atoms with Crippen molar-refractivity contribution in [3.8, 4) is 0 Å². The predicted octanol–water partition coefficient (Wildman–Crippen LogP) is 2.95. The lowest BCUT2D eigenvalue weighted by atomic mass is 10.2. The van der Waals surface area contributed by atoms with Crippen LogP contribution in [0, 0.1) is 6.92 Å². The van der Waals surface area contributed by atoms with Crippen molar-refractivity contribution in [3.63, 3.8) is 0 Å². The normalized spacial score (nSPS) is 10.2. The van der Waals surface area contributed by atoms with Gasteiger partial charge in [-0.3, -0.25) is 0 Å². The summed E-state index contributed by atoms with van der Waals surface area (Å²) in [6.45, 7) is 1.72. The fraction of sp³-hybridized carbons (Fsp3) is 0.154. The van der Waals surface area contributed by atoms with Crippen LogP contribution in [0.4, 0.5) is 11.5 Å². The van der Waals surface area contributed by atoms with Gasteiger partial charge >= 0.3 is 5.97 Å². The molecule has 0 fully saturated rings. The summed E-state index contributed by atoms with van der Waals surface area (Å²) in [5.41, 5.74) is 0.845. The second-order valence-electron chi connectivity index (χ2n) is 3.84. The Labute approximate surface area is 115 Å². The van der Waals surface area contributed by atoms with Gasteiger partial charge in [0, 0.05) is 16.8 Å². The zero-order chi connectivity index (χ0) is 13.8. The molecule has 0 unspecified atom stereocenters. The second kappa shape index (κ2) is 5.71. The molecular weight excluding hydrogens is 262 g/mol. The summed E-state index contributed by atoms with van der Waals surface area (Å²) < 4.78 is 0. The van der Waals surface area contributed by atoms with Crippen molar-refractivity contribution in [2.24, 2.45) is 0 Å². The summed E-state index contributed by atoms with van der Waals surface area (Å²) in [7, 11) is 0. The number of benzene rings is 1.